The van der Waals surface area contributed by atoms with Gasteiger partial charge in [0.25, 0.3) is 0 Å². The first-order valence-corrected chi connectivity index (χ1v) is 9.97. The third kappa shape index (κ3) is 4.23. The number of carbonyl (C=O) groups excluding carboxylic acids is 1. The minimum Gasteiger partial charge on any atom is -0.302 e. The van der Waals surface area contributed by atoms with Crippen LogP contribution in [0.4, 0.5) is 5.13 Å². The van der Waals surface area contributed by atoms with Crippen molar-refractivity contribution in [2.24, 2.45) is 0 Å². The smallest absolute Gasteiger partial charge is 0.226 e. The van der Waals surface area contributed by atoms with Crippen LogP contribution >= 0.6 is 11.3 Å². The lowest BCUT2D eigenvalue weighted by Crippen LogP contribution is -2.10. The van der Waals surface area contributed by atoms with Gasteiger partial charge in [-0.3, -0.25) is 4.79 Å². The predicted molar refractivity (Wildman–Crippen MR) is 102 cm³/mol. The van der Waals surface area contributed by atoms with E-state index in [9.17, 15) is 4.79 Å². The first-order valence-electron chi connectivity index (χ1n) is 9.15. The number of fused-ring (bicyclic) bond motifs is 3. The number of nitrogens with one attached hydrogen (secondary N) is 1. The number of anilines is 1. The van der Waals surface area contributed by atoms with Crippen LogP contribution in [-0.4, -0.2) is 10.9 Å². The quantitative estimate of drug-likeness (QED) is 0.500. The molecular weight excluding hydrogens is 316 g/mol. The van der Waals surface area contributed by atoms with Crippen LogP contribution in [0.2, 0.25) is 0 Å². The number of nitrogens with zero attached hydrogens (tertiary/aromatic N) is 1. The molecule has 2 aromatic rings. The summed E-state index contributed by atoms with van der Waals surface area (Å²) < 4.78 is 0. The van der Waals surface area contributed by atoms with Crippen molar-refractivity contribution in [3.05, 3.63) is 34.7 Å². The molecule has 0 spiro atoms. The molecule has 24 heavy (non-hydrogen) atoms. The van der Waals surface area contributed by atoms with Crippen molar-refractivity contribution in [3.8, 4) is 11.3 Å². The Labute approximate surface area is 148 Å². The molecule has 1 N–H and O–H groups in total. The van der Waals surface area contributed by atoms with Gasteiger partial charge in [-0.1, -0.05) is 69.7 Å². The molecule has 1 aromatic heterocycles. The van der Waals surface area contributed by atoms with Crippen LogP contribution in [0, 0.1) is 0 Å². The predicted octanol–water partition coefficient (Wildman–Crippen LogP) is 5.79. The second-order valence-corrected chi connectivity index (χ2v) is 7.63. The van der Waals surface area contributed by atoms with Gasteiger partial charge in [-0.25, -0.2) is 4.98 Å². The molecule has 128 valence electrons. The van der Waals surface area contributed by atoms with Gasteiger partial charge < -0.3 is 5.32 Å². The Kier molecular flexibility index (Phi) is 6.02. The largest absolute Gasteiger partial charge is 0.302 e. The van der Waals surface area contributed by atoms with Crippen LogP contribution in [-0.2, 0) is 11.2 Å². The molecule has 1 heterocycles. The van der Waals surface area contributed by atoms with Crippen LogP contribution in [0.15, 0.2) is 24.3 Å². The molecule has 0 unspecified atom stereocenters. The van der Waals surface area contributed by atoms with E-state index < -0.39 is 0 Å². The number of rotatable bonds is 9. The van der Waals surface area contributed by atoms with Crippen LogP contribution in [0.5, 0.6) is 0 Å². The summed E-state index contributed by atoms with van der Waals surface area (Å²) in [5, 5.41) is 3.73. The van der Waals surface area contributed by atoms with Gasteiger partial charge in [-0.2, -0.15) is 0 Å². The molecule has 0 radical (unpaired) electrons. The molecule has 1 aromatic carbocycles. The lowest BCUT2D eigenvalue weighted by Gasteiger charge is -2.03. The molecule has 0 bridgehead atoms. The van der Waals surface area contributed by atoms with E-state index in [0.717, 1.165) is 30.1 Å². The van der Waals surface area contributed by atoms with Crippen molar-refractivity contribution in [2.75, 3.05) is 5.32 Å². The summed E-state index contributed by atoms with van der Waals surface area (Å²) in [7, 11) is 0. The number of unbranched alkanes of at least 4 members (excludes halogenated alkanes) is 6. The van der Waals surface area contributed by atoms with Gasteiger partial charge in [0.2, 0.25) is 5.91 Å². The van der Waals surface area contributed by atoms with Gasteiger partial charge in [0.15, 0.2) is 5.13 Å². The summed E-state index contributed by atoms with van der Waals surface area (Å²) in [6, 6.07) is 8.39. The Hall–Kier alpha value is -1.68. The molecule has 1 aliphatic rings. The van der Waals surface area contributed by atoms with E-state index in [0.29, 0.717) is 6.42 Å². The fourth-order valence-electron chi connectivity index (χ4n) is 3.24. The average molecular weight is 343 g/mol. The van der Waals surface area contributed by atoms with E-state index in [1.54, 1.807) is 11.3 Å². The Morgan fingerprint density at radius 3 is 2.71 bits per heavy atom. The van der Waals surface area contributed by atoms with Crippen molar-refractivity contribution in [1.82, 2.24) is 4.98 Å². The number of aromatic nitrogens is 1. The zero-order valence-electron chi connectivity index (χ0n) is 14.4. The van der Waals surface area contributed by atoms with E-state index >= 15 is 0 Å². The molecule has 1 aliphatic carbocycles. The molecular formula is C20H26N2OS. The van der Waals surface area contributed by atoms with Gasteiger partial charge in [-0.15, -0.1) is 11.3 Å². The normalized spacial score (nSPS) is 12.0. The zero-order valence-corrected chi connectivity index (χ0v) is 15.3. The Bertz CT molecular complexity index is 693. The maximum absolute atomic E-state index is 12.1. The molecule has 0 fully saturated rings. The Balaban J connectivity index is 1.42. The van der Waals surface area contributed by atoms with Gasteiger partial charge in [-0.05, 0) is 12.0 Å². The zero-order chi connectivity index (χ0) is 16.8. The highest BCUT2D eigenvalue weighted by atomic mass is 32.1. The summed E-state index contributed by atoms with van der Waals surface area (Å²) in [4.78, 5) is 18.0. The molecule has 3 nitrogen and oxygen atoms in total. The van der Waals surface area contributed by atoms with E-state index in [4.69, 9.17) is 0 Å². The summed E-state index contributed by atoms with van der Waals surface area (Å²) in [6.45, 7) is 2.23. The topological polar surface area (TPSA) is 42.0 Å². The number of hydrogen-bond donors (Lipinski definition) is 1. The Morgan fingerprint density at radius 1 is 1.12 bits per heavy atom. The number of carbonyl (C=O) groups is 1. The minimum absolute atomic E-state index is 0.101. The lowest BCUT2D eigenvalue weighted by molar-refractivity contribution is -0.116. The number of benzene rings is 1. The van der Waals surface area contributed by atoms with E-state index in [1.165, 1.54) is 48.1 Å². The monoisotopic (exact) mass is 342 g/mol. The third-order valence-electron chi connectivity index (χ3n) is 4.57. The van der Waals surface area contributed by atoms with E-state index in [2.05, 4.69) is 35.4 Å². The summed E-state index contributed by atoms with van der Waals surface area (Å²) in [6.07, 6.45) is 10.2. The van der Waals surface area contributed by atoms with Crippen molar-refractivity contribution in [2.45, 2.75) is 64.7 Å². The van der Waals surface area contributed by atoms with E-state index in [1.807, 2.05) is 6.07 Å². The van der Waals surface area contributed by atoms with Crippen molar-refractivity contribution in [1.29, 1.82) is 0 Å². The average Bonchev–Trinajstić information content (AvgIpc) is 3.11. The van der Waals surface area contributed by atoms with Gasteiger partial charge in [0.1, 0.15) is 0 Å². The van der Waals surface area contributed by atoms with Crippen molar-refractivity contribution in [3.63, 3.8) is 0 Å². The minimum atomic E-state index is 0.101. The Morgan fingerprint density at radius 2 is 1.88 bits per heavy atom. The lowest BCUT2D eigenvalue weighted by atomic mass is 10.1. The van der Waals surface area contributed by atoms with Crippen LogP contribution in [0.1, 0.15) is 68.7 Å². The number of thiazole rings is 1. The SMILES string of the molecule is CCCCCCCCCC(=O)Nc1nc2c(s1)Cc1ccccc1-2. The molecule has 1 amide bonds. The molecule has 0 saturated carbocycles. The van der Waals surface area contributed by atoms with Crippen molar-refractivity contribution >= 4 is 22.4 Å². The first kappa shape index (κ1) is 17.2. The summed E-state index contributed by atoms with van der Waals surface area (Å²) in [5.41, 5.74) is 3.62. The second kappa shape index (κ2) is 8.43. The van der Waals surface area contributed by atoms with Gasteiger partial charge in [0.05, 0.1) is 5.69 Å². The highest BCUT2D eigenvalue weighted by Gasteiger charge is 2.23. The highest BCUT2D eigenvalue weighted by Crippen LogP contribution is 2.40. The standard InChI is InChI=1S/C20H26N2OS/c1-2-3-4-5-6-7-8-13-18(23)21-20-22-19-16-12-10-9-11-15(16)14-17(19)24-20/h9-12H,2-8,13-14H2,1H3,(H,21,22,23). The second-order valence-electron chi connectivity index (χ2n) is 6.54. The van der Waals surface area contributed by atoms with Crippen LogP contribution in [0.3, 0.4) is 0 Å². The molecule has 0 atom stereocenters. The van der Waals surface area contributed by atoms with Gasteiger partial charge >= 0.3 is 0 Å². The maximum atomic E-state index is 12.1. The fraction of sp³-hybridized carbons (Fsp3) is 0.500. The molecule has 0 aliphatic heterocycles. The van der Waals surface area contributed by atoms with E-state index in [-0.39, 0.29) is 5.91 Å². The first-order chi connectivity index (χ1) is 11.8. The number of hydrogen-bond acceptors (Lipinski definition) is 3. The van der Waals surface area contributed by atoms with Crippen LogP contribution < -0.4 is 5.32 Å². The number of amides is 1. The van der Waals surface area contributed by atoms with Crippen LogP contribution in [0.25, 0.3) is 11.3 Å². The van der Waals surface area contributed by atoms with Crippen molar-refractivity contribution < 1.29 is 4.79 Å². The maximum Gasteiger partial charge on any atom is 0.226 e. The molecule has 4 heteroatoms. The highest BCUT2D eigenvalue weighted by molar-refractivity contribution is 7.16. The summed E-state index contributed by atoms with van der Waals surface area (Å²) in [5.74, 6) is 0.101. The molecule has 3 rings (SSSR count). The summed E-state index contributed by atoms with van der Waals surface area (Å²) >= 11 is 1.62. The third-order valence-corrected chi connectivity index (χ3v) is 5.55. The fourth-order valence-corrected chi connectivity index (χ4v) is 4.25. The molecule has 0 saturated heterocycles. The van der Waals surface area contributed by atoms with Gasteiger partial charge in [0, 0.05) is 23.3 Å².